The lowest BCUT2D eigenvalue weighted by Gasteiger charge is -2.39. The van der Waals surface area contributed by atoms with Gasteiger partial charge in [-0.2, -0.15) is 5.10 Å². The number of imidazole rings is 1. The molecule has 1 saturated heterocycles. The Labute approximate surface area is 218 Å². The van der Waals surface area contributed by atoms with Gasteiger partial charge in [-0.25, -0.2) is 18.1 Å². The van der Waals surface area contributed by atoms with Crippen LogP contribution in [0.15, 0.2) is 36.9 Å². The van der Waals surface area contributed by atoms with Gasteiger partial charge in [-0.1, -0.05) is 6.07 Å². The molecule has 0 bridgehead atoms. The van der Waals surface area contributed by atoms with Crippen LogP contribution in [0.4, 0.5) is 0 Å². The highest BCUT2D eigenvalue weighted by atomic mass is 32.2. The van der Waals surface area contributed by atoms with Crippen molar-refractivity contribution in [2.45, 2.75) is 50.2 Å². The summed E-state index contributed by atoms with van der Waals surface area (Å²) in [4.78, 5) is 18.9. The summed E-state index contributed by atoms with van der Waals surface area (Å²) in [6.45, 7) is 1.34. The molecule has 1 saturated carbocycles. The highest BCUT2D eigenvalue weighted by molar-refractivity contribution is 7.88. The maximum atomic E-state index is 13.1. The highest BCUT2D eigenvalue weighted by Gasteiger charge is 2.35. The lowest BCUT2D eigenvalue weighted by Crippen LogP contribution is -2.54. The number of amides is 1. The zero-order chi connectivity index (χ0) is 26.2. The number of benzene rings is 1. The third kappa shape index (κ3) is 5.89. The van der Waals surface area contributed by atoms with Crippen molar-refractivity contribution in [1.82, 2.24) is 29.0 Å². The summed E-state index contributed by atoms with van der Waals surface area (Å²) in [7, 11) is 0.386. The number of piperidine rings is 1. The van der Waals surface area contributed by atoms with Gasteiger partial charge in [0.25, 0.3) is 5.91 Å². The molecule has 5 rings (SSSR count). The summed E-state index contributed by atoms with van der Waals surface area (Å²) in [5.74, 6) is 0.297. The van der Waals surface area contributed by atoms with Gasteiger partial charge in [-0.15, -0.1) is 0 Å². The molecule has 0 unspecified atom stereocenters. The van der Waals surface area contributed by atoms with E-state index in [2.05, 4.69) is 33.0 Å². The average Bonchev–Trinajstić information content (AvgIpc) is 3.47. The van der Waals surface area contributed by atoms with Crippen molar-refractivity contribution >= 4 is 26.8 Å². The number of hydrogen-bond acceptors (Lipinski definition) is 6. The number of hydrogen-bond donors (Lipinski definition) is 1. The lowest BCUT2D eigenvalue weighted by molar-refractivity contribution is -0.0150. The fourth-order valence-corrected chi connectivity index (χ4v) is 6.66. The van der Waals surface area contributed by atoms with Crippen LogP contribution < -0.4 is 4.72 Å². The highest BCUT2D eigenvalue weighted by Crippen LogP contribution is 2.35. The van der Waals surface area contributed by atoms with E-state index in [1.165, 1.54) is 17.2 Å². The standard InChI is InChI=1S/C26H36N6O4S/c1-30-17-27-14-25(30)26(33)32-11-10-23(29-37(3,34)35)21(15-32)16-36-22-7-4-18(5-8-22)19-6-9-24-20(12-19)13-28-31(24)2/h6,9,12-14,17-18,21-23,29H,4-5,7-8,10-11,15-16H2,1-3H3/t18?,21-,22?,23-/m0/s1. The number of aryl methyl sites for hydroxylation is 2. The number of rotatable bonds is 7. The van der Waals surface area contributed by atoms with E-state index < -0.39 is 10.0 Å². The molecule has 2 aliphatic rings. The predicted octanol–water partition coefficient (Wildman–Crippen LogP) is 2.43. The molecule has 200 valence electrons. The van der Waals surface area contributed by atoms with Gasteiger partial charge < -0.3 is 14.2 Å². The molecule has 1 aliphatic carbocycles. The zero-order valence-corrected chi connectivity index (χ0v) is 22.5. The van der Waals surface area contributed by atoms with Gasteiger partial charge in [-0.05, 0) is 55.7 Å². The van der Waals surface area contributed by atoms with Crippen molar-refractivity contribution in [3.05, 3.63) is 48.2 Å². The van der Waals surface area contributed by atoms with E-state index in [-0.39, 0.29) is 24.0 Å². The summed E-state index contributed by atoms with van der Waals surface area (Å²) >= 11 is 0. The Morgan fingerprint density at radius 1 is 1.14 bits per heavy atom. The topological polar surface area (TPSA) is 111 Å². The minimum Gasteiger partial charge on any atom is -0.378 e. The number of ether oxygens (including phenoxy) is 1. The molecule has 2 atom stereocenters. The van der Waals surface area contributed by atoms with E-state index in [0.717, 1.165) is 31.2 Å². The Balaban J connectivity index is 1.19. The Bertz CT molecular complexity index is 1360. The Hall–Kier alpha value is -2.76. The van der Waals surface area contributed by atoms with E-state index in [0.29, 0.717) is 37.7 Å². The number of carbonyl (C=O) groups excluding carboxylic acids is 1. The maximum Gasteiger partial charge on any atom is 0.272 e. The van der Waals surface area contributed by atoms with Gasteiger partial charge >= 0.3 is 0 Å². The van der Waals surface area contributed by atoms with Gasteiger partial charge in [0.1, 0.15) is 5.69 Å². The first-order chi connectivity index (χ1) is 17.7. The number of likely N-dealkylation sites (tertiary alicyclic amines) is 1. The predicted molar refractivity (Wildman–Crippen MR) is 141 cm³/mol. The Morgan fingerprint density at radius 3 is 2.62 bits per heavy atom. The quantitative estimate of drug-likeness (QED) is 0.504. The fourth-order valence-electron chi connectivity index (χ4n) is 5.80. The number of aromatic nitrogens is 4. The van der Waals surface area contributed by atoms with Crippen molar-refractivity contribution in [2.75, 3.05) is 26.0 Å². The molecule has 0 radical (unpaired) electrons. The smallest absolute Gasteiger partial charge is 0.272 e. The van der Waals surface area contributed by atoms with E-state index in [4.69, 9.17) is 4.74 Å². The first-order valence-electron chi connectivity index (χ1n) is 12.9. The number of sulfonamides is 1. The van der Waals surface area contributed by atoms with Crippen molar-refractivity contribution in [2.24, 2.45) is 20.0 Å². The molecular weight excluding hydrogens is 492 g/mol. The zero-order valence-electron chi connectivity index (χ0n) is 21.7. The molecule has 3 aromatic rings. The van der Waals surface area contributed by atoms with Gasteiger partial charge in [0.15, 0.2) is 0 Å². The van der Waals surface area contributed by atoms with Crippen LogP contribution in [0.3, 0.4) is 0 Å². The minimum absolute atomic E-state index is 0.0890. The Morgan fingerprint density at radius 2 is 1.92 bits per heavy atom. The van der Waals surface area contributed by atoms with Gasteiger partial charge in [0.2, 0.25) is 10.0 Å². The van der Waals surface area contributed by atoms with Gasteiger partial charge in [0.05, 0.1) is 43.2 Å². The van der Waals surface area contributed by atoms with Crippen LogP contribution in [0.2, 0.25) is 0 Å². The molecule has 37 heavy (non-hydrogen) atoms. The van der Waals surface area contributed by atoms with Gasteiger partial charge in [0, 0.05) is 44.5 Å². The molecule has 1 amide bonds. The third-order valence-electron chi connectivity index (χ3n) is 7.88. The van der Waals surface area contributed by atoms with Crippen LogP contribution in [-0.2, 0) is 28.9 Å². The molecule has 0 spiro atoms. The molecule has 2 fully saturated rings. The van der Waals surface area contributed by atoms with Crippen molar-refractivity contribution < 1.29 is 17.9 Å². The largest absolute Gasteiger partial charge is 0.378 e. The summed E-state index contributed by atoms with van der Waals surface area (Å²) < 4.78 is 36.7. The van der Waals surface area contributed by atoms with Crippen molar-refractivity contribution in [1.29, 1.82) is 0 Å². The monoisotopic (exact) mass is 528 g/mol. The second-order valence-electron chi connectivity index (χ2n) is 10.6. The molecule has 1 aliphatic heterocycles. The van der Waals surface area contributed by atoms with Crippen LogP contribution >= 0.6 is 0 Å². The van der Waals surface area contributed by atoms with E-state index >= 15 is 0 Å². The molecule has 11 heteroatoms. The number of fused-ring (bicyclic) bond motifs is 1. The number of nitrogens with one attached hydrogen (secondary N) is 1. The van der Waals surface area contributed by atoms with E-state index in [9.17, 15) is 13.2 Å². The summed E-state index contributed by atoms with van der Waals surface area (Å²) in [6.07, 6.45) is 11.0. The Kier molecular flexibility index (Phi) is 7.37. The molecule has 1 N–H and O–H groups in total. The second kappa shape index (κ2) is 10.5. The normalized spacial score (nSPS) is 25.0. The van der Waals surface area contributed by atoms with Crippen LogP contribution in [-0.4, -0.2) is 76.7 Å². The summed E-state index contributed by atoms with van der Waals surface area (Å²) in [5.41, 5.74) is 3.02. The first-order valence-corrected chi connectivity index (χ1v) is 14.8. The SMILES string of the molecule is Cn1cncc1C(=O)N1CC[C@H](NS(C)(=O)=O)[C@H](COC2CCC(c3ccc4c(cnn4C)c3)CC2)C1. The van der Waals surface area contributed by atoms with E-state index in [1.807, 2.05) is 17.9 Å². The summed E-state index contributed by atoms with van der Waals surface area (Å²) in [6, 6.07) is 6.36. The molecule has 10 nitrogen and oxygen atoms in total. The van der Waals surface area contributed by atoms with Crippen molar-refractivity contribution in [3.63, 3.8) is 0 Å². The van der Waals surface area contributed by atoms with Crippen LogP contribution in [0.25, 0.3) is 10.9 Å². The molecular formula is C26H36N6O4S. The maximum absolute atomic E-state index is 13.1. The molecule has 3 heterocycles. The van der Waals surface area contributed by atoms with Crippen LogP contribution in [0.5, 0.6) is 0 Å². The minimum atomic E-state index is -3.37. The fraction of sp³-hybridized carbons (Fsp3) is 0.577. The van der Waals surface area contributed by atoms with Crippen molar-refractivity contribution in [3.8, 4) is 0 Å². The average molecular weight is 529 g/mol. The number of carbonyl (C=O) groups is 1. The first kappa shape index (κ1) is 25.9. The third-order valence-corrected chi connectivity index (χ3v) is 8.62. The summed E-state index contributed by atoms with van der Waals surface area (Å²) in [5, 5.41) is 5.52. The molecule has 1 aromatic carbocycles. The number of nitrogens with zero attached hydrogens (tertiary/aromatic N) is 5. The lowest BCUT2D eigenvalue weighted by atomic mass is 9.82. The van der Waals surface area contributed by atoms with E-state index in [1.54, 1.807) is 29.0 Å². The van der Waals surface area contributed by atoms with Crippen LogP contribution in [0, 0.1) is 5.92 Å². The van der Waals surface area contributed by atoms with Gasteiger partial charge in [-0.3, -0.25) is 9.48 Å². The second-order valence-corrected chi connectivity index (χ2v) is 12.4. The van der Waals surface area contributed by atoms with Crippen LogP contribution in [0.1, 0.15) is 54.1 Å². The molecule has 2 aromatic heterocycles.